The summed E-state index contributed by atoms with van der Waals surface area (Å²) in [5, 5.41) is 7.82. The largest absolute Gasteiger partial charge is 0.378 e. The van der Waals surface area contributed by atoms with Gasteiger partial charge in [0.2, 0.25) is 10.1 Å². The van der Waals surface area contributed by atoms with E-state index in [2.05, 4.69) is 34.1 Å². The zero-order valence-electron chi connectivity index (χ0n) is 13.8. The van der Waals surface area contributed by atoms with Crippen LogP contribution in [-0.2, 0) is 4.74 Å². The number of anilines is 1. The maximum absolute atomic E-state index is 12.5. The van der Waals surface area contributed by atoms with E-state index in [1.807, 2.05) is 0 Å². The Morgan fingerprint density at radius 1 is 1.42 bits per heavy atom. The van der Waals surface area contributed by atoms with Gasteiger partial charge in [0.1, 0.15) is 5.56 Å². The van der Waals surface area contributed by atoms with Crippen molar-refractivity contribution in [2.24, 2.45) is 5.92 Å². The first-order chi connectivity index (χ1) is 11.6. The van der Waals surface area contributed by atoms with Crippen LogP contribution in [0.2, 0.25) is 0 Å². The second-order valence-electron chi connectivity index (χ2n) is 6.09. The lowest BCUT2D eigenvalue weighted by molar-refractivity contribution is 0.0950. The predicted molar refractivity (Wildman–Crippen MR) is 92.0 cm³/mol. The molecule has 2 aromatic rings. The minimum Gasteiger partial charge on any atom is -0.378 e. The summed E-state index contributed by atoms with van der Waals surface area (Å²) in [6.07, 6.45) is 2.20. The van der Waals surface area contributed by atoms with Crippen LogP contribution in [0.5, 0.6) is 0 Å². The summed E-state index contributed by atoms with van der Waals surface area (Å²) in [5.41, 5.74) is -0.409. The Bertz CT molecular complexity index is 779. The monoisotopic (exact) mass is 351 g/mol. The van der Waals surface area contributed by atoms with E-state index < -0.39 is 11.5 Å². The molecule has 3 heterocycles. The summed E-state index contributed by atoms with van der Waals surface area (Å²) in [4.78, 5) is 31.5. The summed E-state index contributed by atoms with van der Waals surface area (Å²) in [7, 11) is 0. The number of hydrogen-bond acceptors (Lipinski definition) is 7. The van der Waals surface area contributed by atoms with Crippen molar-refractivity contribution in [3.63, 3.8) is 0 Å². The lowest BCUT2D eigenvalue weighted by Crippen LogP contribution is -2.36. The number of fused-ring (bicyclic) bond motifs is 1. The SMILES string of the molecule is CC(C)CCNC(=O)c1cnc2sc(N3CCOCC3)nn2c1=O. The fraction of sp³-hybridized carbons (Fsp3) is 0.600. The molecule has 1 aliphatic rings. The number of hydrogen-bond donors (Lipinski definition) is 1. The topological polar surface area (TPSA) is 88.8 Å². The zero-order chi connectivity index (χ0) is 17.1. The highest BCUT2D eigenvalue weighted by Crippen LogP contribution is 2.21. The number of carbonyl (C=O) groups is 1. The van der Waals surface area contributed by atoms with E-state index in [1.165, 1.54) is 22.0 Å². The zero-order valence-corrected chi connectivity index (χ0v) is 14.6. The third-order valence-electron chi connectivity index (χ3n) is 3.81. The van der Waals surface area contributed by atoms with Crippen LogP contribution in [0.4, 0.5) is 5.13 Å². The Morgan fingerprint density at radius 2 is 2.17 bits per heavy atom. The number of rotatable bonds is 5. The van der Waals surface area contributed by atoms with E-state index in [0.29, 0.717) is 30.6 Å². The molecule has 24 heavy (non-hydrogen) atoms. The van der Waals surface area contributed by atoms with Crippen LogP contribution in [0.15, 0.2) is 11.0 Å². The van der Waals surface area contributed by atoms with Gasteiger partial charge < -0.3 is 15.0 Å². The average Bonchev–Trinajstić information content (AvgIpc) is 3.01. The molecule has 0 radical (unpaired) electrons. The highest BCUT2D eigenvalue weighted by molar-refractivity contribution is 7.20. The molecule has 2 aromatic heterocycles. The molecule has 8 nitrogen and oxygen atoms in total. The van der Waals surface area contributed by atoms with Gasteiger partial charge in [0, 0.05) is 25.8 Å². The van der Waals surface area contributed by atoms with Crippen molar-refractivity contribution in [2.75, 3.05) is 37.7 Å². The molecule has 1 saturated heterocycles. The van der Waals surface area contributed by atoms with Gasteiger partial charge in [0.25, 0.3) is 11.5 Å². The van der Waals surface area contributed by atoms with E-state index in [0.717, 1.165) is 24.6 Å². The van der Waals surface area contributed by atoms with Crippen LogP contribution in [0.3, 0.4) is 0 Å². The van der Waals surface area contributed by atoms with Crippen LogP contribution >= 0.6 is 11.3 Å². The van der Waals surface area contributed by atoms with Crippen molar-refractivity contribution >= 4 is 27.3 Å². The molecule has 0 aliphatic carbocycles. The Hall–Kier alpha value is -2.00. The fourth-order valence-electron chi connectivity index (χ4n) is 2.38. The van der Waals surface area contributed by atoms with Crippen LogP contribution < -0.4 is 15.8 Å². The highest BCUT2D eigenvalue weighted by Gasteiger charge is 2.19. The molecular formula is C15H21N5O3S. The normalized spacial score (nSPS) is 15.2. The van der Waals surface area contributed by atoms with Crippen LogP contribution in [-0.4, -0.2) is 53.4 Å². The van der Waals surface area contributed by atoms with Gasteiger partial charge in [-0.3, -0.25) is 9.59 Å². The fourth-order valence-corrected chi connectivity index (χ4v) is 3.30. The standard InChI is InChI=1S/C15H21N5O3S/c1-10(2)3-4-16-12(21)11-9-17-14-20(13(11)22)18-15(24-14)19-5-7-23-8-6-19/h9-10H,3-8H2,1-2H3,(H,16,21). The van der Waals surface area contributed by atoms with Gasteiger partial charge >= 0.3 is 0 Å². The summed E-state index contributed by atoms with van der Waals surface area (Å²) in [5.74, 6) is 0.0881. The van der Waals surface area contributed by atoms with E-state index in [-0.39, 0.29) is 5.56 Å². The number of ether oxygens (including phenoxy) is 1. The summed E-state index contributed by atoms with van der Waals surface area (Å²) in [6, 6.07) is 0. The molecule has 130 valence electrons. The molecule has 0 unspecified atom stereocenters. The molecule has 0 atom stereocenters. The van der Waals surface area contributed by atoms with Crippen molar-refractivity contribution in [3.8, 4) is 0 Å². The van der Waals surface area contributed by atoms with Gasteiger partial charge in [-0.15, -0.1) is 5.10 Å². The van der Waals surface area contributed by atoms with Gasteiger partial charge in [-0.2, -0.15) is 4.52 Å². The molecule has 0 spiro atoms. The number of amides is 1. The van der Waals surface area contributed by atoms with Gasteiger partial charge in [-0.1, -0.05) is 25.2 Å². The average molecular weight is 351 g/mol. The first kappa shape index (κ1) is 16.8. The van der Waals surface area contributed by atoms with Crippen molar-refractivity contribution in [1.82, 2.24) is 19.9 Å². The molecular weight excluding hydrogens is 330 g/mol. The third-order valence-corrected chi connectivity index (χ3v) is 4.79. The Balaban J connectivity index is 1.82. The Labute approximate surface area is 143 Å². The van der Waals surface area contributed by atoms with Gasteiger partial charge in [0.05, 0.1) is 13.2 Å². The number of carbonyl (C=O) groups excluding carboxylic acids is 1. The van der Waals surface area contributed by atoms with Gasteiger partial charge in [-0.05, 0) is 12.3 Å². The van der Waals surface area contributed by atoms with E-state index in [1.54, 1.807) is 0 Å². The number of nitrogens with zero attached hydrogens (tertiary/aromatic N) is 4. The molecule has 9 heteroatoms. The highest BCUT2D eigenvalue weighted by atomic mass is 32.1. The van der Waals surface area contributed by atoms with E-state index in [9.17, 15) is 9.59 Å². The van der Waals surface area contributed by atoms with Crippen LogP contribution in [0.25, 0.3) is 4.96 Å². The molecule has 0 bridgehead atoms. The van der Waals surface area contributed by atoms with Crippen molar-refractivity contribution in [2.45, 2.75) is 20.3 Å². The van der Waals surface area contributed by atoms with Gasteiger partial charge in [-0.25, -0.2) is 4.98 Å². The summed E-state index contributed by atoms with van der Waals surface area (Å²) in [6.45, 7) is 7.45. The van der Waals surface area contributed by atoms with Crippen LogP contribution in [0, 0.1) is 5.92 Å². The maximum atomic E-state index is 12.5. The van der Waals surface area contributed by atoms with E-state index in [4.69, 9.17) is 4.74 Å². The first-order valence-electron chi connectivity index (χ1n) is 8.06. The minimum atomic E-state index is -0.433. The maximum Gasteiger partial charge on any atom is 0.288 e. The van der Waals surface area contributed by atoms with Crippen molar-refractivity contribution in [1.29, 1.82) is 0 Å². The Morgan fingerprint density at radius 3 is 2.88 bits per heavy atom. The molecule has 1 aliphatic heterocycles. The number of nitrogens with one attached hydrogen (secondary N) is 1. The van der Waals surface area contributed by atoms with Gasteiger partial charge in [0.15, 0.2) is 0 Å². The first-order valence-corrected chi connectivity index (χ1v) is 8.87. The predicted octanol–water partition coefficient (Wildman–Crippen LogP) is 0.763. The number of aromatic nitrogens is 3. The second-order valence-corrected chi connectivity index (χ2v) is 7.03. The number of morpholine rings is 1. The van der Waals surface area contributed by atoms with Crippen molar-refractivity contribution in [3.05, 3.63) is 22.1 Å². The summed E-state index contributed by atoms with van der Waals surface area (Å²) >= 11 is 1.34. The Kier molecular flexibility index (Phi) is 5.10. The molecule has 0 aromatic carbocycles. The van der Waals surface area contributed by atoms with Crippen molar-refractivity contribution < 1.29 is 9.53 Å². The van der Waals surface area contributed by atoms with Crippen LogP contribution in [0.1, 0.15) is 30.6 Å². The molecule has 0 saturated carbocycles. The molecule has 1 N–H and O–H groups in total. The second kappa shape index (κ2) is 7.27. The lowest BCUT2D eigenvalue weighted by atomic mass is 10.1. The quantitative estimate of drug-likeness (QED) is 0.856. The minimum absolute atomic E-state index is 0.0232. The smallest absolute Gasteiger partial charge is 0.288 e. The third kappa shape index (κ3) is 3.57. The lowest BCUT2D eigenvalue weighted by Gasteiger charge is -2.25. The molecule has 1 fully saturated rings. The molecule has 3 rings (SSSR count). The van der Waals surface area contributed by atoms with E-state index >= 15 is 0 Å². The summed E-state index contributed by atoms with van der Waals surface area (Å²) < 4.78 is 6.54. The molecule has 1 amide bonds.